The van der Waals surface area contributed by atoms with Crippen molar-refractivity contribution >= 4 is 0 Å². The minimum Gasteiger partial charge on any atom is -0.353 e. The lowest BCUT2D eigenvalue weighted by Crippen LogP contribution is -2.22. The van der Waals surface area contributed by atoms with Crippen LogP contribution >= 0.6 is 0 Å². The molecule has 2 rings (SSSR count). The predicted molar refractivity (Wildman–Crippen MR) is 72.2 cm³/mol. The van der Waals surface area contributed by atoms with Gasteiger partial charge in [-0.25, -0.2) is 0 Å². The van der Waals surface area contributed by atoms with Crippen molar-refractivity contribution in [1.82, 2.24) is 0 Å². The van der Waals surface area contributed by atoms with Crippen LogP contribution in [0.25, 0.3) is 0 Å². The van der Waals surface area contributed by atoms with Crippen LogP contribution in [0.15, 0.2) is 24.3 Å². The van der Waals surface area contributed by atoms with Gasteiger partial charge in [0.2, 0.25) is 0 Å². The molecular weight excluding hydrogens is 224 g/mol. The Labute approximate surface area is 109 Å². The summed E-state index contributed by atoms with van der Waals surface area (Å²) in [5.74, 6) is 2.62. The Morgan fingerprint density at radius 2 is 2.11 bits per heavy atom. The number of rotatable bonds is 5. The van der Waals surface area contributed by atoms with Crippen LogP contribution < -0.4 is 0 Å². The molecule has 1 aliphatic rings. The third-order valence-corrected chi connectivity index (χ3v) is 3.17. The van der Waals surface area contributed by atoms with Crippen LogP contribution in [0.3, 0.4) is 0 Å². The summed E-state index contributed by atoms with van der Waals surface area (Å²) in [6.45, 7) is 1.61. The Hall–Kier alpha value is -1.30. The molecule has 96 valence electrons. The average molecular weight is 244 g/mol. The molecule has 1 fully saturated rings. The molecule has 1 atom stereocenters. The number of benzene rings is 1. The van der Waals surface area contributed by atoms with Gasteiger partial charge in [-0.3, -0.25) is 0 Å². The second kappa shape index (κ2) is 7.20. The molecule has 2 nitrogen and oxygen atoms in total. The van der Waals surface area contributed by atoms with Gasteiger partial charge in [-0.05, 0) is 49.8 Å². The van der Waals surface area contributed by atoms with Gasteiger partial charge in [0.15, 0.2) is 6.29 Å². The first kappa shape index (κ1) is 13.1. The van der Waals surface area contributed by atoms with Crippen LogP contribution in [0.1, 0.15) is 36.8 Å². The summed E-state index contributed by atoms with van der Waals surface area (Å²) < 4.78 is 11.2. The van der Waals surface area contributed by atoms with E-state index >= 15 is 0 Å². The summed E-state index contributed by atoms with van der Waals surface area (Å²) in [7, 11) is 0. The summed E-state index contributed by atoms with van der Waals surface area (Å²) in [6, 6.07) is 8.15. The lowest BCUT2D eigenvalue weighted by Gasteiger charge is -2.22. The van der Waals surface area contributed by atoms with Gasteiger partial charge in [0.05, 0.1) is 6.61 Å². The van der Waals surface area contributed by atoms with E-state index in [0.717, 1.165) is 38.0 Å². The summed E-state index contributed by atoms with van der Waals surface area (Å²) in [6.07, 6.45) is 10.8. The highest BCUT2D eigenvalue weighted by atomic mass is 16.7. The molecule has 0 spiro atoms. The van der Waals surface area contributed by atoms with Gasteiger partial charge in [-0.2, -0.15) is 0 Å². The normalized spacial score (nSPS) is 19.4. The zero-order valence-corrected chi connectivity index (χ0v) is 10.7. The largest absolute Gasteiger partial charge is 0.353 e. The number of hydrogen-bond donors (Lipinski definition) is 0. The maximum Gasteiger partial charge on any atom is 0.157 e. The standard InChI is InChI=1S/C16H20O2/c1-2-14-8-10-15(11-9-14)6-5-13-18-16-7-3-4-12-17-16/h1,8-11,16H,3-7,12-13H2. The monoisotopic (exact) mass is 244 g/mol. The predicted octanol–water partition coefficient (Wildman–Crippen LogP) is 3.14. The molecular formula is C16H20O2. The maximum atomic E-state index is 5.69. The van der Waals surface area contributed by atoms with Crippen LogP contribution in [0, 0.1) is 12.3 Å². The van der Waals surface area contributed by atoms with Crippen molar-refractivity contribution in [3.8, 4) is 12.3 Å². The highest BCUT2D eigenvalue weighted by molar-refractivity contribution is 5.34. The molecule has 18 heavy (non-hydrogen) atoms. The molecule has 0 radical (unpaired) electrons. The second-order valence-electron chi connectivity index (χ2n) is 4.61. The summed E-state index contributed by atoms with van der Waals surface area (Å²) in [5, 5.41) is 0. The minimum atomic E-state index is 0.0302. The number of ether oxygens (including phenoxy) is 2. The van der Waals surface area contributed by atoms with E-state index < -0.39 is 0 Å². The zero-order valence-electron chi connectivity index (χ0n) is 10.7. The first-order chi connectivity index (χ1) is 8.88. The van der Waals surface area contributed by atoms with E-state index in [1.165, 1.54) is 18.4 Å². The van der Waals surface area contributed by atoms with Gasteiger partial charge in [0.25, 0.3) is 0 Å². The molecule has 1 aromatic rings. The highest BCUT2D eigenvalue weighted by Gasteiger charge is 2.13. The van der Waals surface area contributed by atoms with E-state index in [1.54, 1.807) is 0 Å². The van der Waals surface area contributed by atoms with Crippen LogP contribution in [0.2, 0.25) is 0 Å². The Balaban J connectivity index is 1.63. The number of aryl methyl sites for hydroxylation is 1. The topological polar surface area (TPSA) is 18.5 Å². The van der Waals surface area contributed by atoms with Crippen LogP contribution in [0.4, 0.5) is 0 Å². The van der Waals surface area contributed by atoms with E-state index in [-0.39, 0.29) is 6.29 Å². The maximum absolute atomic E-state index is 5.69. The van der Waals surface area contributed by atoms with Gasteiger partial charge in [-0.15, -0.1) is 6.42 Å². The number of hydrogen-bond acceptors (Lipinski definition) is 2. The van der Waals surface area contributed by atoms with E-state index in [0.29, 0.717) is 0 Å². The highest BCUT2D eigenvalue weighted by Crippen LogP contribution is 2.14. The van der Waals surface area contributed by atoms with Crippen molar-refractivity contribution in [2.75, 3.05) is 13.2 Å². The third-order valence-electron chi connectivity index (χ3n) is 3.17. The van der Waals surface area contributed by atoms with Crippen molar-refractivity contribution in [2.45, 2.75) is 38.4 Å². The lowest BCUT2D eigenvalue weighted by molar-refractivity contribution is -0.162. The Morgan fingerprint density at radius 3 is 2.78 bits per heavy atom. The minimum absolute atomic E-state index is 0.0302. The molecule has 1 saturated heterocycles. The van der Waals surface area contributed by atoms with Crippen molar-refractivity contribution < 1.29 is 9.47 Å². The van der Waals surface area contributed by atoms with E-state index in [2.05, 4.69) is 18.1 Å². The first-order valence-electron chi connectivity index (χ1n) is 6.67. The van der Waals surface area contributed by atoms with Gasteiger partial charge >= 0.3 is 0 Å². The number of terminal acetylenes is 1. The summed E-state index contributed by atoms with van der Waals surface area (Å²) in [5.41, 5.74) is 2.24. The molecule has 1 unspecified atom stereocenters. The molecule has 2 heteroatoms. The van der Waals surface area contributed by atoms with Crippen LogP contribution in [-0.4, -0.2) is 19.5 Å². The van der Waals surface area contributed by atoms with E-state index in [9.17, 15) is 0 Å². The van der Waals surface area contributed by atoms with Gasteiger partial charge in [0.1, 0.15) is 0 Å². The molecule has 0 amide bonds. The molecule has 0 aliphatic carbocycles. The molecule has 1 aliphatic heterocycles. The fraction of sp³-hybridized carbons (Fsp3) is 0.500. The molecule has 1 aromatic carbocycles. The molecule has 0 bridgehead atoms. The van der Waals surface area contributed by atoms with Gasteiger partial charge in [-0.1, -0.05) is 18.1 Å². The summed E-state index contributed by atoms with van der Waals surface area (Å²) >= 11 is 0. The zero-order chi connectivity index (χ0) is 12.6. The van der Waals surface area contributed by atoms with E-state index in [4.69, 9.17) is 15.9 Å². The lowest BCUT2D eigenvalue weighted by atomic mass is 10.1. The fourth-order valence-corrected chi connectivity index (χ4v) is 2.10. The second-order valence-corrected chi connectivity index (χ2v) is 4.61. The first-order valence-corrected chi connectivity index (χ1v) is 6.67. The van der Waals surface area contributed by atoms with Crippen LogP contribution in [-0.2, 0) is 15.9 Å². The van der Waals surface area contributed by atoms with Crippen LogP contribution in [0.5, 0.6) is 0 Å². The Morgan fingerprint density at radius 1 is 1.28 bits per heavy atom. The average Bonchev–Trinajstić information content (AvgIpc) is 2.45. The van der Waals surface area contributed by atoms with Crippen molar-refractivity contribution in [3.63, 3.8) is 0 Å². The van der Waals surface area contributed by atoms with Gasteiger partial charge < -0.3 is 9.47 Å². The molecule has 0 N–H and O–H groups in total. The van der Waals surface area contributed by atoms with Gasteiger partial charge in [0, 0.05) is 12.2 Å². The quantitative estimate of drug-likeness (QED) is 0.585. The molecule has 1 heterocycles. The molecule has 0 saturated carbocycles. The SMILES string of the molecule is C#Cc1ccc(CCCOC2CCCCO2)cc1. The van der Waals surface area contributed by atoms with Crippen molar-refractivity contribution in [1.29, 1.82) is 0 Å². The fourth-order valence-electron chi connectivity index (χ4n) is 2.10. The Kier molecular flexibility index (Phi) is 5.26. The smallest absolute Gasteiger partial charge is 0.157 e. The summed E-state index contributed by atoms with van der Waals surface area (Å²) in [4.78, 5) is 0. The Bertz CT molecular complexity index is 383. The van der Waals surface area contributed by atoms with E-state index in [1.807, 2.05) is 12.1 Å². The third kappa shape index (κ3) is 4.18. The molecule has 0 aromatic heterocycles. The van der Waals surface area contributed by atoms with Crippen molar-refractivity contribution in [2.24, 2.45) is 0 Å². The van der Waals surface area contributed by atoms with Crippen molar-refractivity contribution in [3.05, 3.63) is 35.4 Å².